The van der Waals surface area contributed by atoms with E-state index in [4.69, 9.17) is 9.47 Å². The minimum absolute atomic E-state index is 0.279. The van der Waals surface area contributed by atoms with Crippen LogP contribution in [0.15, 0.2) is 48.5 Å². The van der Waals surface area contributed by atoms with Crippen LogP contribution in [0.4, 0.5) is 0 Å². The first-order valence-corrected chi connectivity index (χ1v) is 12.2. The van der Waals surface area contributed by atoms with Gasteiger partial charge in [-0.25, -0.2) is 4.79 Å². The number of ether oxygens (including phenoxy) is 2. The first kappa shape index (κ1) is 26.2. The Labute approximate surface area is 206 Å². The van der Waals surface area contributed by atoms with E-state index in [9.17, 15) is 14.4 Å². The van der Waals surface area contributed by atoms with Crippen molar-refractivity contribution < 1.29 is 23.9 Å². The van der Waals surface area contributed by atoms with Crippen LogP contribution in [0.5, 0.6) is 5.75 Å². The highest BCUT2D eigenvalue weighted by atomic mass is 16.6. The second kappa shape index (κ2) is 12.9. The Bertz CT molecular complexity index is 1150. The second-order valence-corrected chi connectivity index (χ2v) is 8.52. The molecule has 0 fully saturated rings. The molecule has 3 aromatic rings. The van der Waals surface area contributed by atoms with Gasteiger partial charge in [0, 0.05) is 18.8 Å². The maximum Gasteiger partial charge on any atom is 0.344 e. The van der Waals surface area contributed by atoms with E-state index in [0.29, 0.717) is 48.4 Å². The average Bonchev–Trinajstić information content (AvgIpc) is 3.15. The summed E-state index contributed by atoms with van der Waals surface area (Å²) in [5.41, 5.74) is 2.79. The van der Waals surface area contributed by atoms with E-state index in [0.717, 1.165) is 37.0 Å². The molecule has 0 unspecified atom stereocenters. The van der Waals surface area contributed by atoms with Gasteiger partial charge in [0.2, 0.25) is 5.78 Å². The highest BCUT2D eigenvalue weighted by Crippen LogP contribution is 2.34. The Morgan fingerprint density at radius 2 is 1.69 bits per heavy atom. The van der Waals surface area contributed by atoms with Crippen molar-refractivity contribution in [2.75, 3.05) is 32.8 Å². The van der Waals surface area contributed by atoms with Crippen LogP contribution in [0.3, 0.4) is 0 Å². The molecule has 0 atom stereocenters. The van der Waals surface area contributed by atoms with Gasteiger partial charge in [-0.2, -0.15) is 0 Å². The van der Waals surface area contributed by atoms with E-state index < -0.39 is 11.8 Å². The highest BCUT2D eigenvalue weighted by Gasteiger charge is 2.23. The van der Waals surface area contributed by atoms with E-state index in [2.05, 4.69) is 18.7 Å². The standard InChI is InChI=1S/C28H34N2O5/c1-4-14-29(15-5-2)16-17-34-26(33)20-35-25-13-9-12-23-28(25)27(24(32)19-31)21(3)30(23)18-22-10-7-6-8-11-22/h6-13,19H,4-5,14-18,20H2,1-3H3. The van der Waals surface area contributed by atoms with E-state index in [-0.39, 0.29) is 6.61 Å². The SMILES string of the molecule is CCCN(CCC)CCOC(=O)COc1cccc2c1c(C(=O)C=O)c(C)n2Cc1ccccc1. The molecular weight excluding hydrogens is 444 g/mol. The number of ketones is 1. The predicted molar refractivity (Wildman–Crippen MR) is 136 cm³/mol. The van der Waals surface area contributed by atoms with Gasteiger partial charge in [-0.05, 0) is 50.6 Å². The smallest absolute Gasteiger partial charge is 0.344 e. The first-order valence-electron chi connectivity index (χ1n) is 12.2. The lowest BCUT2D eigenvalue weighted by Gasteiger charge is -2.20. The third kappa shape index (κ3) is 6.57. The molecule has 3 rings (SSSR count). The number of aromatic nitrogens is 1. The molecule has 0 aliphatic heterocycles. The molecule has 0 bridgehead atoms. The summed E-state index contributed by atoms with van der Waals surface area (Å²) in [6.45, 7) is 9.24. The maximum atomic E-state index is 12.6. The van der Waals surface area contributed by atoms with Gasteiger partial charge in [0.15, 0.2) is 12.9 Å². The molecule has 0 aliphatic carbocycles. The molecule has 7 nitrogen and oxygen atoms in total. The third-order valence-electron chi connectivity index (χ3n) is 5.94. The molecule has 0 aliphatic rings. The fraction of sp³-hybridized carbons (Fsp3) is 0.393. The van der Waals surface area contributed by atoms with Gasteiger partial charge in [0.1, 0.15) is 12.4 Å². The molecular formula is C28H34N2O5. The Morgan fingerprint density at radius 3 is 2.34 bits per heavy atom. The Hall–Kier alpha value is -3.45. The molecule has 0 N–H and O–H groups in total. The molecule has 1 aromatic heterocycles. The second-order valence-electron chi connectivity index (χ2n) is 8.52. The Balaban J connectivity index is 1.79. The summed E-state index contributed by atoms with van der Waals surface area (Å²) in [5, 5.41) is 0.530. The number of hydrogen-bond donors (Lipinski definition) is 0. The molecule has 1 heterocycles. The molecule has 0 radical (unpaired) electrons. The quantitative estimate of drug-likeness (QED) is 0.148. The average molecular weight is 479 g/mol. The molecule has 7 heteroatoms. The van der Waals surface area contributed by atoms with Crippen LogP contribution in [0, 0.1) is 6.92 Å². The molecule has 0 saturated carbocycles. The van der Waals surface area contributed by atoms with Gasteiger partial charge >= 0.3 is 5.97 Å². The van der Waals surface area contributed by atoms with Crippen molar-refractivity contribution in [1.82, 2.24) is 9.47 Å². The number of Topliss-reactive ketones (excluding diaryl/α,β-unsaturated/α-hetero) is 1. The molecule has 0 amide bonds. The van der Waals surface area contributed by atoms with E-state index >= 15 is 0 Å². The lowest BCUT2D eigenvalue weighted by Crippen LogP contribution is -2.30. The van der Waals surface area contributed by atoms with E-state index in [1.807, 2.05) is 54.0 Å². The largest absolute Gasteiger partial charge is 0.481 e. The number of carbonyl (C=O) groups is 3. The van der Waals surface area contributed by atoms with Gasteiger partial charge in [-0.1, -0.05) is 50.2 Å². The summed E-state index contributed by atoms with van der Waals surface area (Å²) >= 11 is 0. The predicted octanol–water partition coefficient (Wildman–Crippen LogP) is 4.42. The minimum atomic E-state index is -0.620. The third-order valence-corrected chi connectivity index (χ3v) is 5.94. The summed E-state index contributed by atoms with van der Waals surface area (Å²) in [6.07, 6.45) is 2.41. The highest BCUT2D eigenvalue weighted by molar-refractivity contribution is 6.37. The fourth-order valence-corrected chi connectivity index (χ4v) is 4.38. The zero-order chi connectivity index (χ0) is 25.2. The van der Waals surface area contributed by atoms with Gasteiger partial charge in [-0.3, -0.25) is 14.5 Å². The van der Waals surface area contributed by atoms with Crippen LogP contribution in [0.1, 0.15) is 48.3 Å². The number of fused-ring (bicyclic) bond motifs is 1. The molecule has 186 valence electrons. The van der Waals surface area contributed by atoms with Crippen molar-refractivity contribution in [3.63, 3.8) is 0 Å². The van der Waals surface area contributed by atoms with Crippen LogP contribution < -0.4 is 4.74 Å². The normalized spacial score (nSPS) is 11.1. The van der Waals surface area contributed by atoms with Crippen LogP contribution in [-0.2, 0) is 20.9 Å². The van der Waals surface area contributed by atoms with Crippen LogP contribution >= 0.6 is 0 Å². The van der Waals surface area contributed by atoms with Gasteiger partial charge in [-0.15, -0.1) is 0 Å². The van der Waals surface area contributed by atoms with Crippen molar-refractivity contribution in [2.24, 2.45) is 0 Å². The maximum absolute atomic E-state index is 12.6. The lowest BCUT2D eigenvalue weighted by molar-refractivity contribution is -0.146. The summed E-state index contributed by atoms with van der Waals surface area (Å²) < 4.78 is 13.2. The molecule has 0 saturated heterocycles. The zero-order valence-electron chi connectivity index (χ0n) is 20.8. The van der Waals surface area contributed by atoms with Crippen LogP contribution in [-0.4, -0.2) is 60.4 Å². The van der Waals surface area contributed by atoms with Crippen molar-refractivity contribution in [1.29, 1.82) is 0 Å². The first-order chi connectivity index (χ1) is 17.0. The number of esters is 1. The van der Waals surface area contributed by atoms with Crippen molar-refractivity contribution in [2.45, 2.75) is 40.2 Å². The number of aldehydes is 1. The molecule has 0 spiro atoms. The zero-order valence-corrected chi connectivity index (χ0v) is 20.8. The topological polar surface area (TPSA) is 77.8 Å². The summed E-state index contributed by atoms with van der Waals surface area (Å²) in [6, 6.07) is 15.3. The summed E-state index contributed by atoms with van der Waals surface area (Å²) in [4.78, 5) is 38.6. The summed E-state index contributed by atoms with van der Waals surface area (Å²) in [7, 11) is 0. The molecule has 35 heavy (non-hydrogen) atoms. The van der Waals surface area contributed by atoms with E-state index in [1.165, 1.54) is 0 Å². The fourth-order valence-electron chi connectivity index (χ4n) is 4.38. The number of carbonyl (C=O) groups excluding carboxylic acids is 3. The van der Waals surface area contributed by atoms with Crippen LogP contribution in [0.2, 0.25) is 0 Å². The Kier molecular flexibility index (Phi) is 9.61. The number of benzene rings is 2. The van der Waals surface area contributed by atoms with Crippen molar-refractivity contribution in [3.8, 4) is 5.75 Å². The van der Waals surface area contributed by atoms with Gasteiger partial charge in [0.05, 0.1) is 16.5 Å². The number of rotatable bonds is 14. The summed E-state index contributed by atoms with van der Waals surface area (Å²) in [5.74, 6) is -0.721. The monoisotopic (exact) mass is 478 g/mol. The lowest BCUT2D eigenvalue weighted by atomic mass is 10.1. The number of hydrogen-bond acceptors (Lipinski definition) is 6. The number of nitrogens with zero attached hydrogens (tertiary/aromatic N) is 2. The van der Waals surface area contributed by atoms with Crippen LogP contribution in [0.25, 0.3) is 10.9 Å². The van der Waals surface area contributed by atoms with Crippen molar-refractivity contribution in [3.05, 3.63) is 65.4 Å². The Morgan fingerprint density at radius 1 is 0.971 bits per heavy atom. The van der Waals surface area contributed by atoms with Gasteiger partial charge in [0.25, 0.3) is 0 Å². The van der Waals surface area contributed by atoms with E-state index in [1.54, 1.807) is 6.07 Å². The minimum Gasteiger partial charge on any atom is -0.481 e. The van der Waals surface area contributed by atoms with Crippen molar-refractivity contribution >= 4 is 28.9 Å². The van der Waals surface area contributed by atoms with Gasteiger partial charge < -0.3 is 14.0 Å². The molecule has 2 aromatic carbocycles.